The van der Waals surface area contributed by atoms with Crippen molar-refractivity contribution >= 4 is 11.9 Å². The molecule has 7 atom stereocenters. The summed E-state index contributed by atoms with van der Waals surface area (Å²) in [6, 6.07) is -0.826. The monoisotopic (exact) mass is 1250 g/mol. The lowest BCUT2D eigenvalue weighted by atomic mass is 9.99. The number of ether oxygens (including phenoxy) is 3. The number of esters is 1. The molecular weight excluding hydrogens is 1110 g/mol. The molecule has 1 heterocycles. The normalized spacial score (nSPS) is 18.1. The van der Waals surface area contributed by atoms with Crippen LogP contribution in [0.3, 0.4) is 0 Å². The van der Waals surface area contributed by atoms with E-state index in [0.717, 1.165) is 70.6 Å². The summed E-state index contributed by atoms with van der Waals surface area (Å²) in [4.78, 5) is 25.1. The van der Waals surface area contributed by atoms with Crippen molar-refractivity contribution < 1.29 is 49.3 Å². The highest BCUT2D eigenvalue weighted by Gasteiger charge is 2.44. The van der Waals surface area contributed by atoms with Gasteiger partial charge in [0.1, 0.15) is 24.4 Å². The van der Waals surface area contributed by atoms with Crippen LogP contribution >= 0.6 is 0 Å². The van der Waals surface area contributed by atoms with Crippen LogP contribution in [0.2, 0.25) is 0 Å². The van der Waals surface area contributed by atoms with E-state index in [1.807, 2.05) is 6.08 Å². The van der Waals surface area contributed by atoms with Crippen molar-refractivity contribution in [3.8, 4) is 0 Å². The predicted octanol–water partition coefficient (Wildman–Crippen LogP) is 19.9. The van der Waals surface area contributed by atoms with E-state index in [1.165, 1.54) is 250 Å². The number of carbonyl (C=O) groups is 2. The molecule has 11 heteroatoms. The topological polar surface area (TPSA) is 175 Å². The highest BCUT2D eigenvalue weighted by atomic mass is 16.7. The fraction of sp³-hybridized carbons (Fsp3) is 0.821. The zero-order valence-electron chi connectivity index (χ0n) is 57.6. The molecule has 0 bridgehead atoms. The lowest BCUT2D eigenvalue weighted by Crippen LogP contribution is -2.60. The van der Waals surface area contributed by atoms with Crippen LogP contribution in [0.25, 0.3) is 0 Å². The van der Waals surface area contributed by atoms with Crippen molar-refractivity contribution in [2.45, 2.75) is 391 Å². The number of hydrogen-bond donors (Lipinski definition) is 6. The van der Waals surface area contributed by atoms with Gasteiger partial charge in [-0.1, -0.05) is 299 Å². The molecule has 6 N–H and O–H groups in total. The molecule has 0 aromatic carbocycles. The summed E-state index contributed by atoms with van der Waals surface area (Å²) in [6.45, 7) is 4.29. The van der Waals surface area contributed by atoms with Crippen LogP contribution in [0, 0.1) is 0 Å². The van der Waals surface area contributed by atoms with Crippen LogP contribution in [0.1, 0.15) is 348 Å². The first kappa shape index (κ1) is 84.1. The van der Waals surface area contributed by atoms with Crippen molar-refractivity contribution in [2.24, 2.45) is 0 Å². The van der Waals surface area contributed by atoms with Crippen LogP contribution in [-0.4, -0.2) is 100 Å². The molecule has 518 valence electrons. The highest BCUT2D eigenvalue weighted by Crippen LogP contribution is 2.23. The van der Waals surface area contributed by atoms with Gasteiger partial charge in [0.15, 0.2) is 6.29 Å². The Morgan fingerprint density at radius 1 is 0.416 bits per heavy atom. The van der Waals surface area contributed by atoms with Crippen LogP contribution < -0.4 is 5.32 Å². The van der Waals surface area contributed by atoms with Gasteiger partial charge in [0, 0.05) is 12.8 Å². The zero-order valence-corrected chi connectivity index (χ0v) is 57.6. The minimum atomic E-state index is -1.58. The third-order valence-corrected chi connectivity index (χ3v) is 17.5. The molecule has 1 aliphatic rings. The molecule has 0 spiro atoms. The van der Waals surface area contributed by atoms with Crippen LogP contribution in [0.15, 0.2) is 72.9 Å². The summed E-state index contributed by atoms with van der Waals surface area (Å²) in [7, 11) is 0. The van der Waals surface area contributed by atoms with Gasteiger partial charge in [-0.3, -0.25) is 9.59 Å². The van der Waals surface area contributed by atoms with E-state index in [9.17, 15) is 35.1 Å². The summed E-state index contributed by atoms with van der Waals surface area (Å²) in [5.41, 5.74) is 0. The second-order valence-electron chi connectivity index (χ2n) is 26.0. The molecule has 7 unspecified atom stereocenters. The molecule has 1 fully saturated rings. The molecular formula is C78H141NO10. The molecule has 0 radical (unpaired) electrons. The number of aliphatic hydroxyl groups excluding tert-OH is 5. The first-order valence-electron chi connectivity index (χ1n) is 37.7. The fourth-order valence-corrected chi connectivity index (χ4v) is 11.6. The number of unbranched alkanes of at least 4 members (excludes halogenated alkanes) is 42. The fourth-order valence-electron chi connectivity index (χ4n) is 11.6. The average Bonchev–Trinajstić information content (AvgIpc) is 1.88. The van der Waals surface area contributed by atoms with Gasteiger partial charge in [-0.25, -0.2) is 0 Å². The standard InChI is InChI=1S/C78H141NO10/c1-3-5-7-9-11-13-15-16-17-18-37-40-43-46-50-54-58-62-66-74(83)87-67-63-59-55-51-47-44-41-38-35-33-31-29-27-25-23-21-19-20-22-24-26-28-30-32-34-36-39-42-45-49-53-57-61-65-73(82)79-70(69-88-78-77(86)76(85)75(84)72(68-80)89-78)71(81)64-60-56-52-48-14-12-10-8-6-4-2/h13-15,17-18,23,25,29,31,48,60,64,70-72,75-78,80-81,84-86H,3-12,16,19-22,24,26-28,30,32-47,49-59,61-63,65-69H2,1-2H3,(H,79,82)/b15-13-,18-17-,25-23-,31-29-,48-14+,64-60+. The van der Waals surface area contributed by atoms with Gasteiger partial charge < -0.3 is 45.1 Å². The summed E-state index contributed by atoms with van der Waals surface area (Å²) in [5, 5.41) is 54.3. The van der Waals surface area contributed by atoms with Crippen molar-refractivity contribution in [2.75, 3.05) is 19.8 Å². The van der Waals surface area contributed by atoms with E-state index >= 15 is 0 Å². The summed E-state index contributed by atoms with van der Waals surface area (Å²) < 4.78 is 16.7. The zero-order chi connectivity index (χ0) is 64.4. The smallest absolute Gasteiger partial charge is 0.305 e. The van der Waals surface area contributed by atoms with Crippen LogP contribution in [-0.2, 0) is 23.8 Å². The number of nitrogens with one attached hydrogen (secondary N) is 1. The van der Waals surface area contributed by atoms with Gasteiger partial charge >= 0.3 is 5.97 Å². The van der Waals surface area contributed by atoms with Crippen LogP contribution in [0.5, 0.6) is 0 Å². The van der Waals surface area contributed by atoms with Gasteiger partial charge in [0.2, 0.25) is 5.91 Å². The average molecular weight is 1250 g/mol. The van der Waals surface area contributed by atoms with Crippen molar-refractivity contribution in [1.29, 1.82) is 0 Å². The Hall–Kier alpha value is -2.90. The molecule has 0 saturated carbocycles. The second-order valence-corrected chi connectivity index (χ2v) is 26.0. The maximum absolute atomic E-state index is 13.0. The van der Waals surface area contributed by atoms with E-state index in [1.54, 1.807) is 6.08 Å². The lowest BCUT2D eigenvalue weighted by molar-refractivity contribution is -0.302. The summed E-state index contributed by atoms with van der Waals surface area (Å²) in [6.07, 6.45) is 80.7. The third kappa shape index (κ3) is 55.3. The maximum atomic E-state index is 13.0. The second kappa shape index (κ2) is 66.6. The number of carbonyl (C=O) groups excluding carboxylic acids is 2. The first-order valence-corrected chi connectivity index (χ1v) is 37.7. The van der Waals surface area contributed by atoms with Gasteiger partial charge in [0.05, 0.1) is 32.0 Å². The molecule has 1 aliphatic heterocycles. The molecule has 0 aromatic rings. The van der Waals surface area contributed by atoms with Crippen molar-refractivity contribution in [3.05, 3.63) is 72.9 Å². The predicted molar refractivity (Wildman–Crippen MR) is 375 cm³/mol. The molecule has 1 amide bonds. The molecule has 1 rings (SSSR count). The van der Waals surface area contributed by atoms with Gasteiger partial charge in [-0.15, -0.1) is 0 Å². The Morgan fingerprint density at radius 2 is 0.764 bits per heavy atom. The molecule has 0 aromatic heterocycles. The minimum Gasteiger partial charge on any atom is -0.466 e. The number of amides is 1. The van der Waals surface area contributed by atoms with Gasteiger partial charge in [-0.2, -0.15) is 0 Å². The van der Waals surface area contributed by atoms with Gasteiger partial charge in [0.25, 0.3) is 0 Å². The number of hydrogen-bond acceptors (Lipinski definition) is 10. The largest absolute Gasteiger partial charge is 0.466 e. The number of allylic oxidation sites excluding steroid dienone is 11. The Morgan fingerprint density at radius 3 is 1.18 bits per heavy atom. The number of aliphatic hydroxyl groups is 5. The van der Waals surface area contributed by atoms with E-state index < -0.39 is 49.5 Å². The number of rotatable bonds is 66. The summed E-state index contributed by atoms with van der Waals surface area (Å²) >= 11 is 0. The van der Waals surface area contributed by atoms with Crippen LogP contribution in [0.4, 0.5) is 0 Å². The van der Waals surface area contributed by atoms with Crippen molar-refractivity contribution in [3.63, 3.8) is 0 Å². The quantitative estimate of drug-likeness (QED) is 0.0195. The molecule has 0 aliphatic carbocycles. The third-order valence-electron chi connectivity index (χ3n) is 17.5. The Bertz CT molecular complexity index is 1710. The minimum absolute atomic E-state index is 0.000920. The lowest BCUT2D eigenvalue weighted by Gasteiger charge is -2.40. The Kier molecular flexibility index (Phi) is 62.9. The van der Waals surface area contributed by atoms with E-state index in [4.69, 9.17) is 14.2 Å². The molecule has 1 saturated heterocycles. The molecule has 11 nitrogen and oxygen atoms in total. The van der Waals surface area contributed by atoms with E-state index in [-0.39, 0.29) is 18.5 Å². The van der Waals surface area contributed by atoms with E-state index in [2.05, 4.69) is 79.9 Å². The maximum Gasteiger partial charge on any atom is 0.305 e. The highest BCUT2D eigenvalue weighted by molar-refractivity contribution is 5.76. The SMILES string of the molecule is CCCCCC/C=C\C/C=C\CCCCCCCCCC(=O)OCCCCCCCCCCC/C=C\C/C=C\CCCCCCCCCCCCCCCCCCCC(=O)NC(COC1OC(CO)C(O)C(O)C1O)C(O)/C=C/CC/C=C/CCCCCC. The Balaban J connectivity index is 1.91. The molecule has 89 heavy (non-hydrogen) atoms. The van der Waals surface area contributed by atoms with E-state index in [0.29, 0.717) is 19.4 Å². The van der Waals surface area contributed by atoms with Crippen molar-refractivity contribution in [1.82, 2.24) is 5.32 Å². The van der Waals surface area contributed by atoms with Gasteiger partial charge in [-0.05, 0) is 109 Å². The summed E-state index contributed by atoms with van der Waals surface area (Å²) in [5.74, 6) is -0.192. The first-order chi connectivity index (χ1) is 43.7. The Labute approximate surface area is 547 Å².